The van der Waals surface area contributed by atoms with Gasteiger partial charge in [0, 0.05) is 34.5 Å². The van der Waals surface area contributed by atoms with E-state index in [1.165, 1.54) is 4.88 Å². The van der Waals surface area contributed by atoms with Crippen LogP contribution in [0.2, 0.25) is 0 Å². The maximum Gasteiger partial charge on any atom is 0.287 e. The van der Waals surface area contributed by atoms with Crippen molar-refractivity contribution in [2.75, 3.05) is 6.54 Å². The average Bonchev–Trinajstić information content (AvgIpc) is 3.56. The summed E-state index contributed by atoms with van der Waals surface area (Å²) in [6.45, 7) is 2.42. The average molecular weight is 498 g/mol. The Balaban J connectivity index is 1.26. The van der Waals surface area contributed by atoms with Crippen LogP contribution in [-0.4, -0.2) is 24.1 Å². The van der Waals surface area contributed by atoms with Crippen molar-refractivity contribution >= 4 is 28.9 Å². The zero-order valence-corrected chi connectivity index (χ0v) is 20.9. The third-order valence-electron chi connectivity index (χ3n) is 6.32. The van der Waals surface area contributed by atoms with E-state index in [0.29, 0.717) is 24.3 Å². The predicted molar refractivity (Wildman–Crippen MR) is 143 cm³/mol. The number of hydrogen-bond acceptors (Lipinski definition) is 5. The van der Waals surface area contributed by atoms with E-state index in [1.54, 1.807) is 23.5 Å². The summed E-state index contributed by atoms with van der Waals surface area (Å²) in [5, 5.41) is 9.42. The number of hydrogen-bond donors (Lipinski definition) is 2. The van der Waals surface area contributed by atoms with Crippen LogP contribution < -0.4 is 10.7 Å². The molecule has 0 spiro atoms. The molecule has 0 bridgehead atoms. The minimum absolute atomic E-state index is 0.222. The molecule has 2 aromatic carbocycles. The van der Waals surface area contributed by atoms with Crippen LogP contribution in [-0.2, 0) is 12.8 Å². The number of benzene rings is 2. The summed E-state index contributed by atoms with van der Waals surface area (Å²) in [5.41, 5.74) is 7.71. The molecule has 0 radical (unpaired) electrons. The Bertz CT molecular complexity index is 1390. The number of carbonyl (C=O) groups is 2. The number of amides is 2. The predicted octanol–water partition coefficient (Wildman–Crippen LogP) is 5.76. The van der Waals surface area contributed by atoms with Gasteiger partial charge in [0.25, 0.3) is 11.8 Å². The normalized spacial score (nSPS) is 13.9. The number of rotatable bonds is 7. The lowest BCUT2D eigenvalue weighted by Crippen LogP contribution is -2.26. The fourth-order valence-corrected chi connectivity index (χ4v) is 5.17. The number of nitrogens with one attached hydrogen (secondary N) is 2. The molecule has 36 heavy (non-hydrogen) atoms. The third-order valence-corrected chi connectivity index (χ3v) is 7.25. The molecule has 6 nitrogen and oxygen atoms in total. The fourth-order valence-electron chi connectivity index (χ4n) is 4.46. The molecule has 0 saturated carbocycles. The third kappa shape index (κ3) is 5.16. The summed E-state index contributed by atoms with van der Waals surface area (Å²) in [7, 11) is 0. The van der Waals surface area contributed by atoms with E-state index in [-0.39, 0.29) is 11.8 Å². The van der Waals surface area contributed by atoms with Crippen LogP contribution in [0.25, 0.3) is 11.1 Å². The first-order chi connectivity index (χ1) is 17.6. The van der Waals surface area contributed by atoms with Gasteiger partial charge in [0.2, 0.25) is 0 Å². The van der Waals surface area contributed by atoms with E-state index in [1.807, 2.05) is 60.8 Å². The number of furan rings is 1. The molecule has 0 atom stereocenters. The lowest BCUT2D eigenvalue weighted by molar-refractivity contribution is 0.0922. The zero-order valence-electron chi connectivity index (χ0n) is 20.0. The second-order valence-corrected chi connectivity index (χ2v) is 9.77. The second-order valence-electron chi connectivity index (χ2n) is 8.74. The molecular formula is C29H27N3O3S. The van der Waals surface area contributed by atoms with Gasteiger partial charge in [-0.3, -0.25) is 9.59 Å². The minimum atomic E-state index is -0.276. The number of hydrazone groups is 1. The first-order valence-electron chi connectivity index (χ1n) is 12.1. The van der Waals surface area contributed by atoms with Gasteiger partial charge in [-0.25, -0.2) is 5.43 Å². The molecule has 0 fully saturated rings. The minimum Gasteiger partial charge on any atom is -0.455 e. The van der Waals surface area contributed by atoms with E-state index >= 15 is 0 Å². The molecule has 0 saturated heterocycles. The first kappa shape index (κ1) is 23.8. The standard InChI is InChI=1S/C29H27N3O3S/c1-19-26-24(31-32-28(33)22-14-12-21(13-15-22)20-7-3-2-4-8-20)10-5-11-25(26)35-27(19)29(34)30-17-16-23-9-6-18-36-23/h2-4,6-9,12-15,18H,5,10-11,16-17H2,1H3,(H,30,34)(H,32,33)/b31-24+. The van der Waals surface area contributed by atoms with E-state index in [9.17, 15) is 9.59 Å². The highest BCUT2D eigenvalue weighted by molar-refractivity contribution is 7.09. The molecule has 5 rings (SSSR count). The quantitative estimate of drug-likeness (QED) is 0.319. The van der Waals surface area contributed by atoms with E-state index in [2.05, 4.69) is 21.9 Å². The molecule has 2 N–H and O–H groups in total. The van der Waals surface area contributed by atoms with Gasteiger partial charge in [-0.15, -0.1) is 11.3 Å². The summed E-state index contributed by atoms with van der Waals surface area (Å²) in [4.78, 5) is 26.8. The van der Waals surface area contributed by atoms with Crippen molar-refractivity contribution in [2.45, 2.75) is 32.6 Å². The largest absolute Gasteiger partial charge is 0.455 e. The summed E-state index contributed by atoms with van der Waals surface area (Å²) >= 11 is 1.68. The van der Waals surface area contributed by atoms with Crippen molar-refractivity contribution in [1.29, 1.82) is 0 Å². The van der Waals surface area contributed by atoms with E-state index in [0.717, 1.165) is 53.0 Å². The van der Waals surface area contributed by atoms with Gasteiger partial charge in [0.15, 0.2) is 5.76 Å². The Kier molecular flexibility index (Phi) is 7.09. The summed E-state index contributed by atoms with van der Waals surface area (Å²) in [5.74, 6) is 0.577. The number of nitrogens with zero attached hydrogens (tertiary/aromatic N) is 1. The molecule has 0 unspecified atom stereocenters. The van der Waals surface area contributed by atoms with Crippen LogP contribution >= 0.6 is 11.3 Å². The van der Waals surface area contributed by atoms with Crippen molar-refractivity contribution in [2.24, 2.45) is 5.10 Å². The molecule has 0 aliphatic heterocycles. The molecular weight excluding hydrogens is 470 g/mol. The van der Waals surface area contributed by atoms with Crippen LogP contribution in [0, 0.1) is 6.92 Å². The highest BCUT2D eigenvalue weighted by Crippen LogP contribution is 2.30. The van der Waals surface area contributed by atoms with Gasteiger partial charge in [-0.2, -0.15) is 5.10 Å². The summed E-state index contributed by atoms with van der Waals surface area (Å²) < 4.78 is 5.96. The van der Waals surface area contributed by atoms with Gasteiger partial charge in [-0.05, 0) is 60.9 Å². The Morgan fingerprint density at radius 3 is 2.47 bits per heavy atom. The van der Waals surface area contributed by atoms with Crippen molar-refractivity contribution in [3.05, 3.63) is 105 Å². The highest BCUT2D eigenvalue weighted by Gasteiger charge is 2.28. The van der Waals surface area contributed by atoms with Gasteiger partial charge >= 0.3 is 0 Å². The lowest BCUT2D eigenvalue weighted by Gasteiger charge is -2.13. The van der Waals surface area contributed by atoms with Crippen molar-refractivity contribution in [1.82, 2.24) is 10.7 Å². The Hall–Kier alpha value is -3.97. The molecule has 2 heterocycles. The lowest BCUT2D eigenvalue weighted by atomic mass is 9.93. The first-order valence-corrected chi connectivity index (χ1v) is 12.9. The number of thiophene rings is 1. The summed E-state index contributed by atoms with van der Waals surface area (Å²) in [6.07, 6.45) is 3.08. The van der Waals surface area contributed by atoms with Crippen LogP contribution in [0.3, 0.4) is 0 Å². The monoisotopic (exact) mass is 497 g/mol. The molecule has 4 aromatic rings. The number of carbonyl (C=O) groups excluding carboxylic acids is 2. The zero-order chi connectivity index (χ0) is 24.9. The number of aryl methyl sites for hydroxylation is 1. The van der Waals surface area contributed by atoms with Gasteiger partial charge in [-0.1, -0.05) is 48.5 Å². The molecule has 2 amide bonds. The van der Waals surface area contributed by atoms with Crippen LogP contribution in [0.1, 0.15) is 55.5 Å². The Labute approximate surface area is 214 Å². The van der Waals surface area contributed by atoms with E-state index in [4.69, 9.17) is 4.42 Å². The molecule has 7 heteroatoms. The van der Waals surface area contributed by atoms with Crippen molar-refractivity contribution in [3.63, 3.8) is 0 Å². The molecule has 1 aliphatic carbocycles. The van der Waals surface area contributed by atoms with Crippen molar-refractivity contribution in [3.8, 4) is 11.1 Å². The SMILES string of the molecule is Cc1c(C(=O)NCCc2cccs2)oc2c1/C(=N/NC(=O)c1ccc(-c3ccccc3)cc1)CCC2. The van der Waals surface area contributed by atoms with Gasteiger partial charge < -0.3 is 9.73 Å². The van der Waals surface area contributed by atoms with Gasteiger partial charge in [0.1, 0.15) is 5.76 Å². The summed E-state index contributed by atoms with van der Waals surface area (Å²) in [6, 6.07) is 21.5. The van der Waals surface area contributed by atoms with Gasteiger partial charge in [0.05, 0.1) is 5.71 Å². The maximum atomic E-state index is 12.8. The number of fused-ring (bicyclic) bond motifs is 1. The topological polar surface area (TPSA) is 83.7 Å². The smallest absolute Gasteiger partial charge is 0.287 e. The van der Waals surface area contributed by atoms with Crippen LogP contribution in [0.4, 0.5) is 0 Å². The Morgan fingerprint density at radius 1 is 0.944 bits per heavy atom. The maximum absolute atomic E-state index is 12.8. The Morgan fingerprint density at radius 2 is 1.72 bits per heavy atom. The van der Waals surface area contributed by atoms with Crippen LogP contribution in [0.5, 0.6) is 0 Å². The molecule has 1 aliphatic rings. The molecule has 182 valence electrons. The fraction of sp³-hybridized carbons (Fsp3) is 0.207. The second kappa shape index (κ2) is 10.7. The highest BCUT2D eigenvalue weighted by atomic mass is 32.1. The van der Waals surface area contributed by atoms with Crippen LogP contribution in [0.15, 0.2) is 81.6 Å². The van der Waals surface area contributed by atoms with E-state index < -0.39 is 0 Å². The van der Waals surface area contributed by atoms with Crippen molar-refractivity contribution < 1.29 is 14.0 Å². The molecule has 2 aromatic heterocycles.